The number of hydrogen-bond donors (Lipinski definition) is 1. The first-order valence-electron chi connectivity index (χ1n) is 9.39. The van der Waals surface area contributed by atoms with Crippen molar-refractivity contribution in [3.63, 3.8) is 0 Å². The maximum atomic E-state index is 12.6. The van der Waals surface area contributed by atoms with Crippen LogP contribution in [0.2, 0.25) is 0 Å². The molecule has 0 aliphatic carbocycles. The van der Waals surface area contributed by atoms with Gasteiger partial charge in [-0.15, -0.1) is 0 Å². The summed E-state index contributed by atoms with van der Waals surface area (Å²) in [7, 11) is 0. The quantitative estimate of drug-likeness (QED) is 0.854. The maximum Gasteiger partial charge on any atom is 0.261 e. The highest BCUT2D eigenvalue weighted by molar-refractivity contribution is 5.77. The summed E-state index contributed by atoms with van der Waals surface area (Å²) in [5.41, 5.74) is 0.613. The number of nitrogens with zero attached hydrogens (tertiary/aromatic N) is 4. The Labute approximate surface area is 152 Å². The molecule has 0 saturated carbocycles. The highest BCUT2D eigenvalue weighted by atomic mass is 16.2. The highest BCUT2D eigenvalue weighted by Gasteiger charge is 2.30. The smallest absolute Gasteiger partial charge is 0.261 e. The molecule has 7 nitrogen and oxygen atoms in total. The first-order valence-corrected chi connectivity index (χ1v) is 9.39. The number of carbonyl (C=O) groups is 1. The molecule has 2 fully saturated rings. The van der Waals surface area contributed by atoms with Crippen molar-refractivity contribution in [3.05, 3.63) is 40.9 Å². The molecule has 3 heterocycles. The SMILES string of the molecule is O=C(CCn1cnc2ccccc2c1=O)N1CCC(N2CCNCC2)C1. The van der Waals surface area contributed by atoms with Crippen molar-refractivity contribution in [3.8, 4) is 0 Å². The van der Waals surface area contributed by atoms with E-state index < -0.39 is 0 Å². The number of aryl methyl sites for hydroxylation is 1. The first-order chi connectivity index (χ1) is 12.7. The van der Waals surface area contributed by atoms with E-state index in [1.807, 2.05) is 23.1 Å². The predicted molar refractivity (Wildman–Crippen MR) is 100 cm³/mol. The van der Waals surface area contributed by atoms with Gasteiger partial charge in [0.2, 0.25) is 5.91 Å². The van der Waals surface area contributed by atoms with E-state index in [-0.39, 0.29) is 11.5 Å². The molecule has 1 atom stereocenters. The van der Waals surface area contributed by atoms with E-state index in [4.69, 9.17) is 0 Å². The van der Waals surface area contributed by atoms with Crippen molar-refractivity contribution in [2.45, 2.75) is 25.4 Å². The van der Waals surface area contributed by atoms with Crippen LogP contribution in [-0.4, -0.2) is 70.6 Å². The third-order valence-corrected chi connectivity index (χ3v) is 5.48. The van der Waals surface area contributed by atoms with Gasteiger partial charge in [0, 0.05) is 58.3 Å². The second-order valence-electron chi connectivity index (χ2n) is 7.08. The van der Waals surface area contributed by atoms with Crippen LogP contribution in [-0.2, 0) is 11.3 Å². The third kappa shape index (κ3) is 3.50. The van der Waals surface area contributed by atoms with Crippen LogP contribution in [0.1, 0.15) is 12.8 Å². The Morgan fingerprint density at radius 3 is 2.85 bits per heavy atom. The second-order valence-corrected chi connectivity index (χ2v) is 7.08. The van der Waals surface area contributed by atoms with Gasteiger partial charge in [0.1, 0.15) is 0 Å². The number of fused-ring (bicyclic) bond motifs is 1. The zero-order chi connectivity index (χ0) is 17.9. The van der Waals surface area contributed by atoms with Crippen LogP contribution >= 0.6 is 0 Å². The lowest BCUT2D eigenvalue weighted by molar-refractivity contribution is -0.130. The number of benzene rings is 1. The van der Waals surface area contributed by atoms with Gasteiger partial charge < -0.3 is 10.2 Å². The lowest BCUT2D eigenvalue weighted by Gasteiger charge is -2.32. The van der Waals surface area contributed by atoms with Crippen molar-refractivity contribution in [1.29, 1.82) is 0 Å². The molecular weight excluding hydrogens is 330 g/mol. The Balaban J connectivity index is 1.36. The molecule has 1 N–H and O–H groups in total. The van der Waals surface area contributed by atoms with Gasteiger partial charge >= 0.3 is 0 Å². The van der Waals surface area contributed by atoms with Gasteiger partial charge in [0.25, 0.3) is 5.56 Å². The molecule has 2 saturated heterocycles. The van der Waals surface area contributed by atoms with Crippen LogP contribution in [0, 0.1) is 0 Å². The van der Waals surface area contributed by atoms with E-state index in [9.17, 15) is 9.59 Å². The van der Waals surface area contributed by atoms with Crippen LogP contribution in [0.3, 0.4) is 0 Å². The first kappa shape index (κ1) is 17.2. The van der Waals surface area contributed by atoms with Crippen molar-refractivity contribution in [1.82, 2.24) is 24.7 Å². The van der Waals surface area contributed by atoms with Gasteiger partial charge in [0.05, 0.1) is 17.2 Å². The van der Waals surface area contributed by atoms with Gasteiger partial charge in [-0.3, -0.25) is 19.1 Å². The van der Waals surface area contributed by atoms with E-state index in [1.165, 1.54) is 0 Å². The van der Waals surface area contributed by atoms with Gasteiger partial charge in [-0.1, -0.05) is 12.1 Å². The molecule has 1 unspecified atom stereocenters. The van der Waals surface area contributed by atoms with E-state index in [0.717, 1.165) is 45.7 Å². The normalized spacial score (nSPS) is 21.4. The van der Waals surface area contributed by atoms with Gasteiger partial charge in [-0.25, -0.2) is 4.98 Å². The third-order valence-electron chi connectivity index (χ3n) is 5.48. The van der Waals surface area contributed by atoms with E-state index in [1.54, 1.807) is 17.0 Å². The topological polar surface area (TPSA) is 70.5 Å². The minimum absolute atomic E-state index is 0.0801. The van der Waals surface area contributed by atoms with Gasteiger partial charge in [-0.2, -0.15) is 0 Å². The number of likely N-dealkylation sites (tertiary alicyclic amines) is 1. The fourth-order valence-corrected chi connectivity index (χ4v) is 3.95. The zero-order valence-corrected chi connectivity index (χ0v) is 14.9. The molecule has 4 rings (SSSR count). The summed E-state index contributed by atoms with van der Waals surface area (Å²) in [5, 5.41) is 3.97. The standard InChI is InChI=1S/C19H25N5O2/c25-18(23-9-5-15(13-23)22-11-7-20-8-12-22)6-10-24-14-21-17-4-2-1-3-16(17)19(24)26/h1-4,14-15,20H,5-13H2. The van der Waals surface area contributed by atoms with Crippen LogP contribution in [0.15, 0.2) is 35.4 Å². The second kappa shape index (κ2) is 7.55. The Bertz CT molecular complexity index is 843. The number of piperazine rings is 1. The van der Waals surface area contributed by atoms with E-state index in [0.29, 0.717) is 29.9 Å². The molecule has 2 aromatic rings. The van der Waals surface area contributed by atoms with Gasteiger partial charge in [0.15, 0.2) is 0 Å². The molecule has 0 radical (unpaired) electrons. The minimum atomic E-state index is -0.0801. The molecule has 1 aromatic heterocycles. The largest absolute Gasteiger partial charge is 0.341 e. The molecule has 138 valence electrons. The Hall–Kier alpha value is -2.25. The zero-order valence-electron chi connectivity index (χ0n) is 14.9. The van der Waals surface area contributed by atoms with E-state index >= 15 is 0 Å². The minimum Gasteiger partial charge on any atom is -0.341 e. The fourth-order valence-electron chi connectivity index (χ4n) is 3.95. The van der Waals surface area contributed by atoms with Crippen LogP contribution in [0.5, 0.6) is 0 Å². The van der Waals surface area contributed by atoms with Crippen molar-refractivity contribution < 1.29 is 4.79 Å². The molecule has 2 aliphatic rings. The average molecular weight is 355 g/mol. The molecule has 7 heteroatoms. The molecule has 1 amide bonds. The summed E-state index contributed by atoms with van der Waals surface area (Å²) in [4.78, 5) is 33.8. The molecule has 1 aromatic carbocycles. The molecule has 26 heavy (non-hydrogen) atoms. The lowest BCUT2D eigenvalue weighted by Crippen LogP contribution is -2.49. The maximum absolute atomic E-state index is 12.6. The average Bonchev–Trinajstić information content (AvgIpc) is 3.18. The number of amides is 1. The van der Waals surface area contributed by atoms with Crippen molar-refractivity contribution in [2.75, 3.05) is 39.3 Å². The molecular formula is C19H25N5O2. The molecule has 2 aliphatic heterocycles. The summed E-state index contributed by atoms with van der Waals surface area (Å²) < 4.78 is 1.55. The summed E-state index contributed by atoms with van der Waals surface area (Å²) in [5.74, 6) is 0.127. The van der Waals surface area contributed by atoms with Gasteiger partial charge in [-0.05, 0) is 18.6 Å². The summed E-state index contributed by atoms with van der Waals surface area (Å²) in [6.45, 7) is 6.19. The summed E-state index contributed by atoms with van der Waals surface area (Å²) >= 11 is 0. The summed E-state index contributed by atoms with van der Waals surface area (Å²) in [6.07, 6.45) is 2.93. The molecule has 0 bridgehead atoms. The Kier molecular flexibility index (Phi) is 4.99. The number of para-hydroxylation sites is 1. The molecule has 0 spiro atoms. The van der Waals surface area contributed by atoms with Crippen LogP contribution in [0.4, 0.5) is 0 Å². The van der Waals surface area contributed by atoms with Crippen LogP contribution < -0.4 is 10.9 Å². The van der Waals surface area contributed by atoms with E-state index in [2.05, 4.69) is 15.2 Å². The monoisotopic (exact) mass is 355 g/mol. The van der Waals surface area contributed by atoms with Crippen molar-refractivity contribution >= 4 is 16.8 Å². The van der Waals surface area contributed by atoms with Crippen LogP contribution in [0.25, 0.3) is 10.9 Å². The fraction of sp³-hybridized carbons (Fsp3) is 0.526. The number of carbonyl (C=O) groups excluding carboxylic acids is 1. The number of aromatic nitrogens is 2. The number of nitrogens with one attached hydrogen (secondary N) is 1. The predicted octanol–water partition coefficient (Wildman–Crippen LogP) is 0.293. The lowest BCUT2D eigenvalue weighted by atomic mass is 10.2. The van der Waals surface area contributed by atoms with Crippen molar-refractivity contribution in [2.24, 2.45) is 0 Å². The summed E-state index contributed by atoms with van der Waals surface area (Å²) in [6, 6.07) is 7.78. The number of rotatable bonds is 4. The number of hydrogen-bond acceptors (Lipinski definition) is 5. The Morgan fingerprint density at radius 2 is 2.00 bits per heavy atom. The Morgan fingerprint density at radius 1 is 1.19 bits per heavy atom. The highest BCUT2D eigenvalue weighted by Crippen LogP contribution is 2.17.